The number of pyridine rings is 1. The number of nitrogens with zero attached hydrogens (tertiary/aromatic N) is 5. The van der Waals surface area contributed by atoms with Crippen molar-refractivity contribution < 1.29 is 9.53 Å². The molecule has 156 valence electrons. The maximum Gasteiger partial charge on any atom is 0.255 e. The van der Waals surface area contributed by atoms with Gasteiger partial charge in [0.2, 0.25) is 11.9 Å². The molecule has 1 aliphatic rings. The van der Waals surface area contributed by atoms with Crippen molar-refractivity contribution in [1.82, 2.24) is 24.7 Å². The lowest BCUT2D eigenvalue weighted by Crippen LogP contribution is -2.38. The second kappa shape index (κ2) is 8.87. The monoisotopic (exact) mass is 409 g/mol. The van der Waals surface area contributed by atoms with Gasteiger partial charge in [-0.1, -0.05) is 0 Å². The normalized spacial score (nSPS) is 14.0. The average molecular weight is 409 g/mol. The molecule has 0 unspecified atom stereocenters. The number of hydrogen-bond acceptors (Lipinski definition) is 7. The summed E-state index contributed by atoms with van der Waals surface area (Å²) in [4.78, 5) is 38.7. The molecule has 30 heavy (non-hydrogen) atoms. The van der Waals surface area contributed by atoms with Gasteiger partial charge in [0.25, 0.3) is 5.56 Å². The van der Waals surface area contributed by atoms with Crippen molar-refractivity contribution >= 4 is 17.5 Å². The molecule has 0 atom stereocenters. The summed E-state index contributed by atoms with van der Waals surface area (Å²) in [5.41, 5.74) is 1.49. The number of rotatable bonds is 6. The summed E-state index contributed by atoms with van der Waals surface area (Å²) in [6.07, 6.45) is 5.47. The number of anilines is 2. The smallest absolute Gasteiger partial charge is 0.255 e. The summed E-state index contributed by atoms with van der Waals surface area (Å²) < 4.78 is 6.92. The molecule has 0 radical (unpaired) electrons. The first kappa shape index (κ1) is 19.8. The lowest BCUT2D eigenvalue weighted by Gasteiger charge is -2.27. The zero-order chi connectivity index (χ0) is 20.9. The highest BCUT2D eigenvalue weighted by atomic mass is 16.5. The highest BCUT2D eigenvalue weighted by Crippen LogP contribution is 2.17. The van der Waals surface area contributed by atoms with Crippen LogP contribution in [0.2, 0.25) is 0 Å². The van der Waals surface area contributed by atoms with E-state index < -0.39 is 0 Å². The Morgan fingerprint density at radius 3 is 2.83 bits per heavy atom. The highest BCUT2D eigenvalue weighted by molar-refractivity contribution is 5.92. The van der Waals surface area contributed by atoms with Gasteiger partial charge in [-0.05, 0) is 31.5 Å². The molecule has 0 aromatic carbocycles. The van der Waals surface area contributed by atoms with Crippen LogP contribution in [0, 0.1) is 6.92 Å². The minimum Gasteiger partial charge on any atom is -0.378 e. The Morgan fingerprint density at radius 1 is 1.27 bits per heavy atom. The molecule has 2 N–H and O–H groups in total. The fourth-order valence-corrected chi connectivity index (χ4v) is 3.34. The van der Waals surface area contributed by atoms with E-state index >= 15 is 0 Å². The van der Waals surface area contributed by atoms with Gasteiger partial charge in [0.15, 0.2) is 5.82 Å². The maximum atomic E-state index is 12.6. The van der Waals surface area contributed by atoms with Crippen LogP contribution in [0.5, 0.6) is 0 Å². The molecule has 1 fully saturated rings. The van der Waals surface area contributed by atoms with Crippen molar-refractivity contribution in [2.24, 2.45) is 0 Å². The molecule has 1 amide bonds. The standard InChI is InChI=1S/C20H23N7O3/c1-14-15(19(29)25-20(23-14)26-10-12-30-13-11-26)5-6-17(28)24-16-4-2-7-21-18(16)27-9-3-8-22-27/h2-4,7-9H,5-6,10-13H2,1H3,(H,24,28)(H,23,25,29). The molecular weight excluding hydrogens is 386 g/mol. The molecule has 10 nitrogen and oxygen atoms in total. The second-order valence-corrected chi connectivity index (χ2v) is 6.93. The fourth-order valence-electron chi connectivity index (χ4n) is 3.34. The summed E-state index contributed by atoms with van der Waals surface area (Å²) in [5.74, 6) is 0.863. The number of nitrogens with one attached hydrogen (secondary N) is 2. The van der Waals surface area contributed by atoms with Gasteiger partial charge < -0.3 is 15.0 Å². The summed E-state index contributed by atoms with van der Waals surface area (Å²) in [5, 5.41) is 7.01. The van der Waals surface area contributed by atoms with Crippen LogP contribution >= 0.6 is 0 Å². The van der Waals surface area contributed by atoms with Gasteiger partial charge in [0, 0.05) is 49.4 Å². The molecular formula is C20H23N7O3. The summed E-state index contributed by atoms with van der Waals surface area (Å²) in [6.45, 7) is 4.39. The minimum absolute atomic E-state index is 0.149. The third-order valence-electron chi connectivity index (χ3n) is 4.90. The van der Waals surface area contributed by atoms with Crippen molar-refractivity contribution in [2.45, 2.75) is 19.8 Å². The Kier molecular flexibility index (Phi) is 5.84. The number of ether oxygens (including phenoxy) is 1. The Balaban J connectivity index is 1.43. The van der Waals surface area contributed by atoms with E-state index in [0.29, 0.717) is 61.4 Å². The number of morpholine rings is 1. The van der Waals surface area contributed by atoms with Gasteiger partial charge in [0.1, 0.15) is 0 Å². The second-order valence-electron chi connectivity index (χ2n) is 6.93. The van der Waals surface area contributed by atoms with Crippen molar-refractivity contribution in [2.75, 3.05) is 36.5 Å². The minimum atomic E-state index is -0.215. The Bertz CT molecular complexity index is 1070. The number of aromatic nitrogens is 5. The van der Waals surface area contributed by atoms with E-state index in [4.69, 9.17) is 4.74 Å². The molecule has 0 saturated carbocycles. The lowest BCUT2D eigenvalue weighted by molar-refractivity contribution is -0.116. The summed E-state index contributed by atoms with van der Waals surface area (Å²) in [7, 11) is 0. The zero-order valence-corrected chi connectivity index (χ0v) is 16.7. The van der Waals surface area contributed by atoms with Crippen LogP contribution in [0.15, 0.2) is 41.6 Å². The average Bonchev–Trinajstić information content (AvgIpc) is 3.29. The van der Waals surface area contributed by atoms with E-state index in [1.54, 1.807) is 48.4 Å². The number of hydrogen-bond donors (Lipinski definition) is 2. The number of H-pyrrole nitrogens is 1. The van der Waals surface area contributed by atoms with E-state index in [-0.39, 0.29) is 17.9 Å². The van der Waals surface area contributed by atoms with Crippen LogP contribution in [0.3, 0.4) is 0 Å². The van der Waals surface area contributed by atoms with E-state index in [1.807, 2.05) is 4.90 Å². The molecule has 1 saturated heterocycles. The number of aryl methyl sites for hydroxylation is 1. The molecule has 0 bridgehead atoms. The van der Waals surface area contributed by atoms with Crippen LogP contribution in [0.25, 0.3) is 5.82 Å². The number of aromatic amines is 1. The Labute approximate surface area is 172 Å². The van der Waals surface area contributed by atoms with E-state index in [9.17, 15) is 9.59 Å². The summed E-state index contributed by atoms with van der Waals surface area (Å²) in [6, 6.07) is 5.29. The summed E-state index contributed by atoms with van der Waals surface area (Å²) >= 11 is 0. The predicted molar refractivity (Wildman–Crippen MR) is 111 cm³/mol. The Morgan fingerprint density at radius 2 is 2.10 bits per heavy atom. The molecule has 0 aliphatic carbocycles. The van der Waals surface area contributed by atoms with Crippen LogP contribution in [-0.2, 0) is 16.0 Å². The zero-order valence-electron chi connectivity index (χ0n) is 16.7. The number of carbonyl (C=O) groups excluding carboxylic acids is 1. The van der Waals surface area contributed by atoms with Crippen molar-refractivity contribution in [3.05, 3.63) is 58.4 Å². The van der Waals surface area contributed by atoms with Crippen LogP contribution in [-0.4, -0.2) is 56.9 Å². The van der Waals surface area contributed by atoms with Gasteiger partial charge in [-0.15, -0.1) is 0 Å². The fraction of sp³-hybridized carbons (Fsp3) is 0.350. The molecule has 10 heteroatoms. The van der Waals surface area contributed by atoms with Crippen molar-refractivity contribution in [3.8, 4) is 5.82 Å². The third kappa shape index (κ3) is 4.38. The first-order chi connectivity index (χ1) is 14.6. The molecule has 1 aliphatic heterocycles. The first-order valence-electron chi connectivity index (χ1n) is 9.79. The number of amides is 1. The van der Waals surface area contributed by atoms with E-state index in [2.05, 4.69) is 25.4 Å². The third-order valence-corrected chi connectivity index (χ3v) is 4.90. The predicted octanol–water partition coefficient (Wildman–Crippen LogP) is 1.07. The Hall–Kier alpha value is -3.53. The van der Waals surface area contributed by atoms with Crippen LogP contribution < -0.4 is 15.8 Å². The van der Waals surface area contributed by atoms with E-state index in [1.165, 1.54) is 0 Å². The molecule has 4 rings (SSSR count). The highest BCUT2D eigenvalue weighted by Gasteiger charge is 2.17. The quantitative estimate of drug-likeness (QED) is 0.625. The molecule has 4 heterocycles. The van der Waals surface area contributed by atoms with E-state index in [0.717, 1.165) is 0 Å². The number of carbonyl (C=O) groups is 1. The largest absolute Gasteiger partial charge is 0.378 e. The molecule has 3 aromatic heterocycles. The van der Waals surface area contributed by atoms with Gasteiger partial charge in [-0.2, -0.15) is 5.10 Å². The lowest BCUT2D eigenvalue weighted by atomic mass is 10.1. The maximum absolute atomic E-state index is 12.6. The van der Waals surface area contributed by atoms with Gasteiger partial charge in [0.05, 0.1) is 18.9 Å². The van der Waals surface area contributed by atoms with Gasteiger partial charge in [-0.3, -0.25) is 14.6 Å². The SMILES string of the molecule is Cc1nc(N2CCOCC2)[nH]c(=O)c1CCC(=O)Nc1cccnc1-n1cccn1. The van der Waals surface area contributed by atoms with Crippen LogP contribution in [0.4, 0.5) is 11.6 Å². The van der Waals surface area contributed by atoms with Crippen molar-refractivity contribution in [1.29, 1.82) is 0 Å². The van der Waals surface area contributed by atoms with Gasteiger partial charge in [-0.25, -0.2) is 14.6 Å². The molecule has 3 aromatic rings. The van der Waals surface area contributed by atoms with Crippen molar-refractivity contribution in [3.63, 3.8) is 0 Å². The first-order valence-corrected chi connectivity index (χ1v) is 9.79. The van der Waals surface area contributed by atoms with Gasteiger partial charge >= 0.3 is 0 Å². The topological polar surface area (TPSA) is 118 Å². The van der Waals surface area contributed by atoms with Crippen LogP contribution in [0.1, 0.15) is 17.7 Å². The molecule has 0 spiro atoms.